The van der Waals surface area contributed by atoms with Gasteiger partial charge in [-0.3, -0.25) is 0 Å². The lowest BCUT2D eigenvalue weighted by Crippen LogP contribution is -2.02. The second-order valence-electron chi connectivity index (χ2n) is 3.42. The molecular weight excluding hydrogens is 164 g/mol. The fourth-order valence-electron chi connectivity index (χ4n) is 1.15. The fourth-order valence-corrected chi connectivity index (χ4v) is 1.15. The Morgan fingerprint density at radius 2 is 2.38 bits per heavy atom. The minimum absolute atomic E-state index is 0.251. The summed E-state index contributed by atoms with van der Waals surface area (Å²) >= 11 is 0. The van der Waals surface area contributed by atoms with Crippen molar-refractivity contribution in [1.29, 1.82) is 0 Å². The van der Waals surface area contributed by atoms with Crippen molar-refractivity contribution < 1.29 is 5.11 Å². The minimum atomic E-state index is 0.251. The first-order chi connectivity index (χ1) is 6.22. The molecule has 1 aromatic rings. The van der Waals surface area contributed by atoms with Crippen molar-refractivity contribution in [1.82, 2.24) is 4.98 Å². The third-order valence-electron chi connectivity index (χ3n) is 2.08. The normalized spacial score (nSPS) is 12.8. The highest BCUT2D eigenvalue weighted by molar-refractivity contribution is 5.31. The predicted molar refractivity (Wildman–Crippen MR) is 53.2 cm³/mol. The van der Waals surface area contributed by atoms with Gasteiger partial charge in [0.25, 0.3) is 0 Å². The van der Waals surface area contributed by atoms with Crippen LogP contribution in [0.1, 0.15) is 18.9 Å². The number of aromatic nitrogens is 1. The molecule has 1 atom stereocenters. The number of nitrogens with two attached hydrogens (primary N) is 1. The van der Waals surface area contributed by atoms with Crippen LogP contribution in [0.15, 0.2) is 18.3 Å². The number of hydrogen-bond donors (Lipinski definition) is 2. The van der Waals surface area contributed by atoms with Crippen LogP contribution in [0.4, 0.5) is 5.82 Å². The summed E-state index contributed by atoms with van der Waals surface area (Å²) in [6.07, 6.45) is 3.66. The van der Waals surface area contributed by atoms with Gasteiger partial charge in [0.1, 0.15) is 5.82 Å². The van der Waals surface area contributed by atoms with Crippen LogP contribution in [0.2, 0.25) is 0 Å². The van der Waals surface area contributed by atoms with E-state index in [1.54, 1.807) is 6.20 Å². The predicted octanol–water partition coefficient (Wildman–Crippen LogP) is 1.22. The number of aliphatic hydroxyl groups excluding tert-OH is 1. The van der Waals surface area contributed by atoms with Gasteiger partial charge in [0.05, 0.1) is 0 Å². The first-order valence-electron chi connectivity index (χ1n) is 4.53. The van der Waals surface area contributed by atoms with Crippen molar-refractivity contribution in [2.24, 2.45) is 5.92 Å². The van der Waals surface area contributed by atoms with E-state index < -0.39 is 0 Å². The van der Waals surface area contributed by atoms with Crippen LogP contribution in [-0.4, -0.2) is 16.7 Å². The summed E-state index contributed by atoms with van der Waals surface area (Å²) in [6, 6.07) is 3.84. The van der Waals surface area contributed by atoms with Gasteiger partial charge in [0.2, 0.25) is 0 Å². The van der Waals surface area contributed by atoms with Gasteiger partial charge in [0.15, 0.2) is 0 Å². The highest BCUT2D eigenvalue weighted by Crippen LogP contribution is 2.10. The number of hydrogen-bond acceptors (Lipinski definition) is 3. The van der Waals surface area contributed by atoms with Crippen LogP contribution >= 0.6 is 0 Å². The highest BCUT2D eigenvalue weighted by Gasteiger charge is 2.00. The molecule has 3 N–H and O–H groups in total. The number of nitrogen functional groups attached to an aromatic ring is 1. The molecule has 1 aromatic heterocycles. The lowest BCUT2D eigenvalue weighted by molar-refractivity contribution is 0.230. The van der Waals surface area contributed by atoms with E-state index in [1.165, 1.54) is 5.56 Å². The fraction of sp³-hybridized carbons (Fsp3) is 0.500. The van der Waals surface area contributed by atoms with Crippen molar-refractivity contribution in [3.8, 4) is 0 Å². The molecule has 0 aromatic carbocycles. The topological polar surface area (TPSA) is 59.1 Å². The van der Waals surface area contributed by atoms with Crippen LogP contribution in [0.3, 0.4) is 0 Å². The molecule has 13 heavy (non-hydrogen) atoms. The standard InChI is InChI=1S/C10H16N2O/c1-8(7-13)2-3-9-4-5-12-10(11)6-9/h4-6,8,13H,2-3,7H2,1H3,(H2,11,12). The number of nitrogens with zero attached hydrogens (tertiary/aromatic N) is 1. The molecule has 0 bridgehead atoms. The lowest BCUT2D eigenvalue weighted by atomic mass is 10.0. The van der Waals surface area contributed by atoms with Gasteiger partial charge in [-0.1, -0.05) is 6.92 Å². The van der Waals surface area contributed by atoms with Gasteiger partial charge in [-0.2, -0.15) is 0 Å². The molecular formula is C10H16N2O. The van der Waals surface area contributed by atoms with E-state index in [9.17, 15) is 0 Å². The summed E-state index contributed by atoms with van der Waals surface area (Å²) < 4.78 is 0. The average Bonchev–Trinajstić information content (AvgIpc) is 2.14. The summed E-state index contributed by atoms with van der Waals surface area (Å²) in [5.41, 5.74) is 6.72. The molecule has 72 valence electrons. The summed E-state index contributed by atoms with van der Waals surface area (Å²) in [4.78, 5) is 3.92. The monoisotopic (exact) mass is 180 g/mol. The summed E-state index contributed by atoms with van der Waals surface area (Å²) in [5, 5.41) is 8.83. The average molecular weight is 180 g/mol. The Hall–Kier alpha value is -1.09. The Kier molecular flexibility index (Phi) is 3.71. The molecule has 1 heterocycles. The molecule has 3 nitrogen and oxygen atoms in total. The minimum Gasteiger partial charge on any atom is -0.396 e. The first kappa shape index (κ1) is 9.99. The molecule has 0 radical (unpaired) electrons. The van der Waals surface area contributed by atoms with Crippen molar-refractivity contribution >= 4 is 5.82 Å². The second kappa shape index (κ2) is 4.82. The van der Waals surface area contributed by atoms with Gasteiger partial charge in [0, 0.05) is 12.8 Å². The summed E-state index contributed by atoms with van der Waals surface area (Å²) in [5.74, 6) is 0.920. The van der Waals surface area contributed by atoms with Crippen molar-refractivity contribution in [2.75, 3.05) is 12.3 Å². The maximum atomic E-state index is 8.83. The van der Waals surface area contributed by atoms with Gasteiger partial charge >= 0.3 is 0 Å². The van der Waals surface area contributed by atoms with Crippen LogP contribution < -0.4 is 5.73 Å². The van der Waals surface area contributed by atoms with E-state index in [0.29, 0.717) is 11.7 Å². The van der Waals surface area contributed by atoms with Gasteiger partial charge in [-0.05, 0) is 36.5 Å². The SMILES string of the molecule is CC(CO)CCc1ccnc(N)c1. The molecule has 1 unspecified atom stereocenters. The quantitative estimate of drug-likeness (QED) is 0.732. The lowest BCUT2D eigenvalue weighted by Gasteiger charge is -2.07. The van der Waals surface area contributed by atoms with E-state index in [-0.39, 0.29) is 6.61 Å². The Morgan fingerprint density at radius 1 is 1.62 bits per heavy atom. The van der Waals surface area contributed by atoms with Gasteiger partial charge in [-0.25, -0.2) is 4.98 Å². The molecule has 0 spiro atoms. The van der Waals surface area contributed by atoms with E-state index >= 15 is 0 Å². The highest BCUT2D eigenvalue weighted by atomic mass is 16.3. The smallest absolute Gasteiger partial charge is 0.123 e. The molecule has 0 saturated heterocycles. The third-order valence-corrected chi connectivity index (χ3v) is 2.08. The summed E-state index contributed by atoms with van der Waals surface area (Å²) in [6.45, 7) is 2.28. The largest absolute Gasteiger partial charge is 0.396 e. The van der Waals surface area contributed by atoms with Crippen molar-refractivity contribution in [3.05, 3.63) is 23.9 Å². The van der Waals surface area contributed by atoms with E-state index in [1.807, 2.05) is 19.1 Å². The van der Waals surface area contributed by atoms with Crippen LogP contribution in [0.25, 0.3) is 0 Å². The maximum Gasteiger partial charge on any atom is 0.123 e. The van der Waals surface area contributed by atoms with Gasteiger partial charge in [-0.15, -0.1) is 0 Å². The van der Waals surface area contributed by atoms with Crippen LogP contribution in [0, 0.1) is 5.92 Å². The maximum absolute atomic E-state index is 8.83. The first-order valence-corrected chi connectivity index (χ1v) is 4.53. The summed E-state index contributed by atoms with van der Waals surface area (Å²) in [7, 11) is 0. The van der Waals surface area contributed by atoms with E-state index in [2.05, 4.69) is 4.98 Å². The molecule has 3 heteroatoms. The zero-order valence-corrected chi connectivity index (χ0v) is 7.90. The number of aliphatic hydroxyl groups is 1. The molecule has 0 aliphatic carbocycles. The molecule has 0 amide bonds. The van der Waals surface area contributed by atoms with Crippen LogP contribution in [-0.2, 0) is 6.42 Å². The number of anilines is 1. The Labute approximate surface area is 78.6 Å². The Bertz CT molecular complexity index is 263. The molecule has 0 aliphatic heterocycles. The second-order valence-corrected chi connectivity index (χ2v) is 3.42. The van der Waals surface area contributed by atoms with Crippen molar-refractivity contribution in [2.45, 2.75) is 19.8 Å². The number of aryl methyl sites for hydroxylation is 1. The van der Waals surface area contributed by atoms with Crippen LogP contribution in [0.5, 0.6) is 0 Å². The van der Waals surface area contributed by atoms with Gasteiger partial charge < -0.3 is 10.8 Å². The molecule has 1 rings (SSSR count). The van der Waals surface area contributed by atoms with E-state index in [4.69, 9.17) is 10.8 Å². The molecule has 0 aliphatic rings. The third kappa shape index (κ3) is 3.42. The van der Waals surface area contributed by atoms with Crippen molar-refractivity contribution in [3.63, 3.8) is 0 Å². The number of rotatable bonds is 4. The zero-order chi connectivity index (χ0) is 9.68. The van der Waals surface area contributed by atoms with E-state index in [0.717, 1.165) is 12.8 Å². The Balaban J connectivity index is 2.45. The number of pyridine rings is 1. The zero-order valence-electron chi connectivity index (χ0n) is 7.90. The Morgan fingerprint density at radius 3 is 3.00 bits per heavy atom. The molecule has 0 saturated carbocycles. The molecule has 0 fully saturated rings.